The van der Waals surface area contributed by atoms with Gasteiger partial charge in [-0.25, -0.2) is 0 Å². The molecule has 2 rings (SSSR count). The number of hydrogen-bond acceptors (Lipinski definition) is 7. The van der Waals surface area contributed by atoms with Crippen LogP contribution in [0, 0.1) is 0 Å². The zero-order valence-corrected chi connectivity index (χ0v) is 20.1. The predicted octanol–water partition coefficient (Wildman–Crippen LogP) is 5.15. The Kier molecular flexibility index (Phi) is 11.6. The first-order valence-electron chi connectivity index (χ1n) is 11.0. The molecule has 0 aliphatic carbocycles. The van der Waals surface area contributed by atoms with Crippen LogP contribution in [0.15, 0.2) is 12.1 Å². The molecule has 1 aliphatic rings. The molecular formula is C23H34O6S2. The Morgan fingerprint density at radius 1 is 1.29 bits per heavy atom. The normalized spacial score (nSPS) is 18.3. The van der Waals surface area contributed by atoms with E-state index in [0.717, 1.165) is 42.8 Å². The van der Waals surface area contributed by atoms with Gasteiger partial charge in [0.2, 0.25) is 0 Å². The zero-order chi connectivity index (χ0) is 22.6. The molecule has 0 spiro atoms. The minimum absolute atomic E-state index is 0.0281. The molecule has 0 amide bonds. The molecule has 8 heteroatoms. The van der Waals surface area contributed by atoms with Gasteiger partial charge in [0.05, 0.1) is 18.8 Å². The fourth-order valence-corrected chi connectivity index (χ4v) is 5.93. The van der Waals surface area contributed by atoms with E-state index in [9.17, 15) is 14.7 Å². The molecule has 0 bridgehead atoms. The van der Waals surface area contributed by atoms with Gasteiger partial charge in [-0.3, -0.25) is 9.59 Å². The molecule has 1 fully saturated rings. The van der Waals surface area contributed by atoms with Crippen LogP contribution in [-0.4, -0.2) is 57.4 Å². The lowest BCUT2D eigenvalue weighted by Gasteiger charge is -2.14. The summed E-state index contributed by atoms with van der Waals surface area (Å²) < 4.78 is 11.6. The number of thioether (sulfide) groups is 2. The summed E-state index contributed by atoms with van der Waals surface area (Å²) in [5.41, 5.74) is 1.11. The second kappa shape index (κ2) is 13.9. The van der Waals surface area contributed by atoms with Crippen LogP contribution >= 0.6 is 23.5 Å². The molecule has 0 radical (unpaired) electrons. The second-order valence-electron chi connectivity index (χ2n) is 7.68. The molecule has 31 heavy (non-hydrogen) atoms. The van der Waals surface area contributed by atoms with Gasteiger partial charge in [0.15, 0.2) is 5.78 Å². The molecule has 0 saturated carbocycles. The van der Waals surface area contributed by atoms with Gasteiger partial charge >= 0.3 is 5.97 Å². The van der Waals surface area contributed by atoms with Crippen molar-refractivity contribution in [2.75, 3.05) is 24.7 Å². The van der Waals surface area contributed by atoms with Gasteiger partial charge < -0.3 is 19.7 Å². The summed E-state index contributed by atoms with van der Waals surface area (Å²) >= 11 is 3.69. The number of phenols is 1. The lowest BCUT2D eigenvalue weighted by molar-refractivity contribution is -0.137. The van der Waals surface area contributed by atoms with Crippen molar-refractivity contribution in [3.63, 3.8) is 0 Å². The van der Waals surface area contributed by atoms with Gasteiger partial charge in [-0.05, 0) is 56.9 Å². The largest absolute Gasteiger partial charge is 0.507 e. The van der Waals surface area contributed by atoms with Crippen molar-refractivity contribution in [3.8, 4) is 11.5 Å². The van der Waals surface area contributed by atoms with E-state index in [0.29, 0.717) is 42.6 Å². The van der Waals surface area contributed by atoms with Crippen LogP contribution in [0.25, 0.3) is 0 Å². The third-order valence-electron chi connectivity index (χ3n) is 5.02. The quantitative estimate of drug-likeness (QED) is 0.268. The highest BCUT2D eigenvalue weighted by Crippen LogP contribution is 2.34. The summed E-state index contributed by atoms with van der Waals surface area (Å²) in [6.07, 6.45) is 5.43. The summed E-state index contributed by atoms with van der Waals surface area (Å²) in [4.78, 5) is 22.3. The average molecular weight is 471 g/mol. The maximum atomic E-state index is 11.6. The Labute approximate surface area is 193 Å². The minimum Gasteiger partial charge on any atom is -0.507 e. The number of aromatic hydroxyl groups is 1. The van der Waals surface area contributed by atoms with Crippen LogP contribution in [0.3, 0.4) is 0 Å². The Morgan fingerprint density at radius 2 is 2.10 bits per heavy atom. The molecule has 1 aromatic carbocycles. The van der Waals surface area contributed by atoms with Gasteiger partial charge in [-0.15, -0.1) is 11.8 Å². The number of ether oxygens (including phenoxy) is 2. The van der Waals surface area contributed by atoms with Crippen LogP contribution in [0.2, 0.25) is 0 Å². The monoisotopic (exact) mass is 470 g/mol. The van der Waals surface area contributed by atoms with E-state index in [1.165, 1.54) is 6.92 Å². The lowest BCUT2D eigenvalue weighted by Crippen LogP contribution is -2.07. The molecule has 1 aromatic rings. The van der Waals surface area contributed by atoms with Gasteiger partial charge in [-0.2, -0.15) is 11.8 Å². The fourth-order valence-electron chi connectivity index (χ4n) is 3.40. The number of Topliss-reactive ketones (excluding diaryl/α,β-unsaturated/α-hetero) is 1. The van der Waals surface area contributed by atoms with Crippen molar-refractivity contribution in [1.82, 2.24) is 0 Å². The maximum absolute atomic E-state index is 11.6. The topological polar surface area (TPSA) is 93.1 Å². The molecule has 0 aromatic heterocycles. The van der Waals surface area contributed by atoms with Crippen LogP contribution in [0.5, 0.6) is 11.5 Å². The van der Waals surface area contributed by atoms with Crippen LogP contribution in [0.4, 0.5) is 0 Å². The molecule has 1 heterocycles. The summed E-state index contributed by atoms with van der Waals surface area (Å²) in [5, 5.41) is 19.6. The number of carboxylic acids is 1. The standard InChI is InChI=1S/C23H34O6S2/c1-3-7-19-20(9-8-18(16(2)24)23(19)27)28-12-5-4-6-13-30-15-17-14-29-22(31-17)11-10-21(25)26/h8-9,17,22,27H,3-7,10-15H2,1-2H3,(H,25,26). The van der Waals surface area contributed by atoms with Gasteiger partial charge in [-0.1, -0.05) is 13.3 Å². The molecule has 2 unspecified atom stereocenters. The SMILES string of the molecule is CCCc1c(OCCCCCSCC2COC(CCC(=O)O)S2)ccc(C(C)=O)c1O. The van der Waals surface area contributed by atoms with Gasteiger partial charge in [0.1, 0.15) is 16.9 Å². The van der Waals surface area contributed by atoms with E-state index in [1.54, 1.807) is 23.9 Å². The summed E-state index contributed by atoms with van der Waals surface area (Å²) in [6.45, 7) is 4.80. The van der Waals surface area contributed by atoms with E-state index in [-0.39, 0.29) is 23.4 Å². The molecule has 6 nitrogen and oxygen atoms in total. The summed E-state index contributed by atoms with van der Waals surface area (Å²) in [5.74, 6) is 1.95. The first-order valence-corrected chi connectivity index (χ1v) is 13.1. The predicted molar refractivity (Wildman–Crippen MR) is 127 cm³/mol. The van der Waals surface area contributed by atoms with Crippen LogP contribution in [0.1, 0.15) is 68.3 Å². The highest BCUT2D eigenvalue weighted by molar-refractivity contribution is 8.03. The van der Waals surface area contributed by atoms with Crippen LogP contribution in [-0.2, 0) is 16.0 Å². The number of unbranched alkanes of at least 4 members (excludes halogenated alkanes) is 2. The second-order valence-corrected chi connectivity index (χ2v) is 10.3. The smallest absolute Gasteiger partial charge is 0.303 e. The van der Waals surface area contributed by atoms with E-state index in [2.05, 4.69) is 0 Å². The molecular weight excluding hydrogens is 436 g/mol. The minimum atomic E-state index is -0.766. The fraction of sp³-hybridized carbons (Fsp3) is 0.652. The maximum Gasteiger partial charge on any atom is 0.303 e. The molecule has 2 atom stereocenters. The van der Waals surface area contributed by atoms with E-state index < -0.39 is 5.97 Å². The van der Waals surface area contributed by atoms with Crippen molar-refractivity contribution in [2.24, 2.45) is 0 Å². The Morgan fingerprint density at radius 3 is 2.81 bits per heavy atom. The molecule has 1 saturated heterocycles. The Hall–Kier alpha value is -1.38. The molecule has 2 N–H and O–H groups in total. The molecule has 1 aliphatic heterocycles. The number of benzene rings is 1. The third-order valence-corrected chi connectivity index (χ3v) is 7.81. The van der Waals surface area contributed by atoms with Crippen LogP contribution < -0.4 is 4.74 Å². The van der Waals surface area contributed by atoms with E-state index in [4.69, 9.17) is 14.6 Å². The van der Waals surface area contributed by atoms with Gasteiger partial charge in [0.25, 0.3) is 0 Å². The number of carbonyl (C=O) groups excluding carboxylic acids is 1. The number of phenolic OH excluding ortho intramolecular Hbond substituents is 1. The van der Waals surface area contributed by atoms with Gasteiger partial charge in [0, 0.05) is 23.0 Å². The highest BCUT2D eigenvalue weighted by atomic mass is 32.2. The number of ketones is 1. The Bertz CT molecular complexity index is 724. The number of carboxylic acid groups (broad SMARTS) is 1. The first kappa shape index (κ1) is 25.9. The van der Waals surface area contributed by atoms with Crippen molar-refractivity contribution < 1.29 is 29.3 Å². The number of aliphatic carboxylic acids is 1. The Balaban J connectivity index is 1.59. The van der Waals surface area contributed by atoms with Crippen molar-refractivity contribution in [3.05, 3.63) is 23.3 Å². The van der Waals surface area contributed by atoms with Crippen molar-refractivity contribution in [1.29, 1.82) is 0 Å². The van der Waals surface area contributed by atoms with E-state index >= 15 is 0 Å². The van der Waals surface area contributed by atoms with Crippen molar-refractivity contribution in [2.45, 2.75) is 69.5 Å². The summed E-state index contributed by atoms with van der Waals surface area (Å²) in [7, 11) is 0. The highest BCUT2D eigenvalue weighted by Gasteiger charge is 2.26. The number of carbonyl (C=O) groups is 2. The zero-order valence-electron chi connectivity index (χ0n) is 18.4. The lowest BCUT2D eigenvalue weighted by atomic mass is 10.0. The van der Waals surface area contributed by atoms with Crippen molar-refractivity contribution >= 4 is 35.3 Å². The molecule has 174 valence electrons. The summed E-state index contributed by atoms with van der Waals surface area (Å²) in [6, 6.07) is 3.43. The first-order chi connectivity index (χ1) is 14.9. The third kappa shape index (κ3) is 8.94. The number of rotatable bonds is 15. The average Bonchev–Trinajstić information content (AvgIpc) is 3.18. The van der Waals surface area contributed by atoms with E-state index in [1.807, 2.05) is 18.7 Å². The number of hydrogen-bond donors (Lipinski definition) is 2.